The van der Waals surface area contributed by atoms with Gasteiger partial charge in [0.05, 0.1) is 16.2 Å². The number of halogens is 1. The number of hydrogen-bond donors (Lipinski definition) is 1. The molecule has 0 spiro atoms. The fraction of sp³-hybridized carbons (Fsp3) is 0. The standard InChI is InChI=1S/C17H10ClNO3S2/c18-11-5-3-6-12(9-11)19-15(20)14(24-17(19)23)8-10-4-1-2-7-13(10)16(21)22/h1-9H,(H,21,22). The van der Waals surface area contributed by atoms with Gasteiger partial charge < -0.3 is 5.11 Å². The predicted octanol–water partition coefficient (Wildman–Crippen LogP) is 4.44. The van der Waals surface area contributed by atoms with Crippen molar-refractivity contribution in [3.05, 3.63) is 69.6 Å². The van der Waals surface area contributed by atoms with Crippen LogP contribution < -0.4 is 4.90 Å². The van der Waals surface area contributed by atoms with E-state index in [0.29, 0.717) is 25.5 Å². The number of anilines is 1. The first-order valence-corrected chi connectivity index (χ1v) is 8.43. The number of aromatic carboxylic acids is 1. The van der Waals surface area contributed by atoms with Crippen LogP contribution in [0.3, 0.4) is 0 Å². The van der Waals surface area contributed by atoms with Gasteiger partial charge >= 0.3 is 5.97 Å². The Labute approximate surface area is 152 Å². The third-order valence-corrected chi connectivity index (χ3v) is 4.88. The van der Waals surface area contributed by atoms with Gasteiger partial charge in [0, 0.05) is 5.02 Å². The van der Waals surface area contributed by atoms with Crippen LogP contribution in [0.1, 0.15) is 15.9 Å². The zero-order valence-corrected chi connectivity index (χ0v) is 14.5. The SMILES string of the molecule is O=C(O)c1ccccc1C=C1SC(=S)N(c2cccc(Cl)c2)C1=O. The Morgan fingerprint density at radius 3 is 2.67 bits per heavy atom. The van der Waals surface area contributed by atoms with Gasteiger partial charge in [-0.05, 0) is 35.9 Å². The second-order valence-corrected chi connectivity index (χ2v) is 7.00. The molecule has 0 unspecified atom stereocenters. The molecule has 1 amide bonds. The summed E-state index contributed by atoms with van der Waals surface area (Å²) in [6.07, 6.45) is 1.55. The molecule has 0 aliphatic carbocycles. The molecule has 7 heteroatoms. The third kappa shape index (κ3) is 3.21. The van der Waals surface area contributed by atoms with E-state index in [1.165, 1.54) is 11.0 Å². The van der Waals surface area contributed by atoms with E-state index in [-0.39, 0.29) is 11.5 Å². The van der Waals surface area contributed by atoms with Gasteiger partial charge in [-0.3, -0.25) is 9.69 Å². The lowest BCUT2D eigenvalue weighted by atomic mass is 10.1. The number of carboxylic acids is 1. The molecule has 0 aromatic heterocycles. The summed E-state index contributed by atoms with van der Waals surface area (Å²) in [6.45, 7) is 0. The monoisotopic (exact) mass is 375 g/mol. The molecule has 1 aliphatic rings. The number of hydrogen-bond acceptors (Lipinski definition) is 4. The summed E-state index contributed by atoms with van der Waals surface area (Å²) < 4.78 is 0.376. The van der Waals surface area contributed by atoms with Gasteiger partial charge in [-0.1, -0.05) is 59.8 Å². The Balaban J connectivity index is 1.99. The van der Waals surface area contributed by atoms with Crippen molar-refractivity contribution in [3.63, 3.8) is 0 Å². The second kappa shape index (κ2) is 6.76. The van der Waals surface area contributed by atoms with Crippen LogP contribution in [0.15, 0.2) is 53.4 Å². The number of benzene rings is 2. The van der Waals surface area contributed by atoms with Gasteiger partial charge in [-0.2, -0.15) is 0 Å². The van der Waals surface area contributed by atoms with Crippen LogP contribution in [0.2, 0.25) is 5.02 Å². The molecule has 0 radical (unpaired) electrons. The summed E-state index contributed by atoms with van der Waals surface area (Å²) in [5.74, 6) is -1.35. The summed E-state index contributed by atoms with van der Waals surface area (Å²) in [5, 5.41) is 9.75. The number of rotatable bonds is 3. The van der Waals surface area contributed by atoms with Crippen LogP contribution in [0.4, 0.5) is 5.69 Å². The van der Waals surface area contributed by atoms with Crippen molar-refractivity contribution in [3.8, 4) is 0 Å². The Bertz CT molecular complexity index is 895. The van der Waals surface area contributed by atoms with E-state index in [1.54, 1.807) is 48.5 Å². The lowest BCUT2D eigenvalue weighted by molar-refractivity contribution is -0.113. The summed E-state index contributed by atoms with van der Waals surface area (Å²) >= 11 is 12.4. The summed E-state index contributed by atoms with van der Waals surface area (Å²) in [7, 11) is 0. The Kier molecular flexibility index (Phi) is 4.71. The summed E-state index contributed by atoms with van der Waals surface area (Å²) in [6, 6.07) is 13.3. The van der Waals surface area contributed by atoms with Crippen LogP contribution in [0.25, 0.3) is 6.08 Å². The maximum Gasteiger partial charge on any atom is 0.336 e. The topological polar surface area (TPSA) is 57.6 Å². The normalized spacial score (nSPS) is 16.0. The summed E-state index contributed by atoms with van der Waals surface area (Å²) in [5.41, 5.74) is 1.17. The number of nitrogens with zero attached hydrogens (tertiary/aromatic N) is 1. The molecule has 0 atom stereocenters. The van der Waals surface area contributed by atoms with Crippen molar-refractivity contribution in [2.75, 3.05) is 4.90 Å². The molecule has 24 heavy (non-hydrogen) atoms. The van der Waals surface area contributed by atoms with Crippen LogP contribution in [-0.2, 0) is 4.79 Å². The van der Waals surface area contributed by atoms with E-state index in [9.17, 15) is 14.7 Å². The van der Waals surface area contributed by atoms with Crippen LogP contribution in [-0.4, -0.2) is 21.3 Å². The second-order valence-electron chi connectivity index (χ2n) is 4.89. The van der Waals surface area contributed by atoms with Crippen molar-refractivity contribution < 1.29 is 14.7 Å². The van der Waals surface area contributed by atoms with Crippen LogP contribution in [0, 0.1) is 0 Å². The largest absolute Gasteiger partial charge is 0.478 e. The first kappa shape index (κ1) is 16.7. The minimum absolute atomic E-state index is 0.130. The maximum atomic E-state index is 12.7. The zero-order valence-electron chi connectivity index (χ0n) is 12.1. The third-order valence-electron chi connectivity index (χ3n) is 3.34. The van der Waals surface area contributed by atoms with Crippen molar-refractivity contribution in [1.29, 1.82) is 0 Å². The molecule has 4 nitrogen and oxygen atoms in total. The van der Waals surface area contributed by atoms with Gasteiger partial charge in [-0.25, -0.2) is 4.79 Å². The molecular weight excluding hydrogens is 366 g/mol. The fourth-order valence-corrected chi connectivity index (χ4v) is 3.74. The van der Waals surface area contributed by atoms with Crippen molar-refractivity contribution >= 4 is 63.5 Å². The molecule has 2 aromatic carbocycles. The number of amides is 1. The van der Waals surface area contributed by atoms with Crippen LogP contribution >= 0.6 is 35.6 Å². The van der Waals surface area contributed by atoms with Crippen molar-refractivity contribution in [2.45, 2.75) is 0 Å². The van der Waals surface area contributed by atoms with E-state index < -0.39 is 5.97 Å². The van der Waals surface area contributed by atoms with E-state index in [1.807, 2.05) is 0 Å². The Hall–Kier alpha value is -2.15. The number of carbonyl (C=O) groups excluding carboxylic acids is 1. The highest BCUT2D eigenvalue weighted by molar-refractivity contribution is 8.27. The van der Waals surface area contributed by atoms with E-state index in [4.69, 9.17) is 23.8 Å². The molecule has 1 fully saturated rings. The number of thiocarbonyl (C=S) groups is 1. The quantitative estimate of drug-likeness (QED) is 0.634. The molecule has 1 saturated heterocycles. The molecule has 2 aromatic rings. The smallest absolute Gasteiger partial charge is 0.336 e. The Morgan fingerprint density at radius 1 is 1.21 bits per heavy atom. The van der Waals surface area contributed by atoms with Crippen LogP contribution in [0.5, 0.6) is 0 Å². The number of thioether (sulfide) groups is 1. The molecule has 0 bridgehead atoms. The van der Waals surface area contributed by atoms with Gasteiger partial charge in [0.25, 0.3) is 5.91 Å². The minimum atomic E-state index is -1.05. The average Bonchev–Trinajstić information content (AvgIpc) is 2.81. The fourth-order valence-electron chi connectivity index (χ4n) is 2.26. The molecule has 0 saturated carbocycles. The molecule has 1 N–H and O–H groups in total. The summed E-state index contributed by atoms with van der Waals surface area (Å²) in [4.78, 5) is 25.7. The average molecular weight is 376 g/mol. The molecular formula is C17H10ClNO3S2. The number of carbonyl (C=O) groups is 2. The highest BCUT2D eigenvalue weighted by Gasteiger charge is 2.33. The molecule has 1 heterocycles. The first-order chi connectivity index (χ1) is 11.5. The van der Waals surface area contributed by atoms with Gasteiger partial charge in [-0.15, -0.1) is 0 Å². The Morgan fingerprint density at radius 2 is 1.96 bits per heavy atom. The van der Waals surface area contributed by atoms with Gasteiger partial charge in [0.1, 0.15) is 0 Å². The zero-order chi connectivity index (χ0) is 17.3. The first-order valence-electron chi connectivity index (χ1n) is 6.83. The van der Waals surface area contributed by atoms with E-state index in [2.05, 4.69) is 0 Å². The predicted molar refractivity (Wildman–Crippen MR) is 101 cm³/mol. The van der Waals surface area contributed by atoms with Crippen molar-refractivity contribution in [1.82, 2.24) is 0 Å². The van der Waals surface area contributed by atoms with Gasteiger partial charge in [0.15, 0.2) is 4.32 Å². The van der Waals surface area contributed by atoms with E-state index >= 15 is 0 Å². The van der Waals surface area contributed by atoms with Gasteiger partial charge in [0.2, 0.25) is 0 Å². The lowest BCUT2D eigenvalue weighted by Gasteiger charge is -2.14. The number of carboxylic acid groups (broad SMARTS) is 1. The molecule has 120 valence electrons. The highest BCUT2D eigenvalue weighted by atomic mass is 35.5. The lowest BCUT2D eigenvalue weighted by Crippen LogP contribution is -2.27. The molecule has 1 aliphatic heterocycles. The van der Waals surface area contributed by atoms with E-state index in [0.717, 1.165) is 11.8 Å². The molecule has 3 rings (SSSR count). The minimum Gasteiger partial charge on any atom is -0.478 e. The van der Waals surface area contributed by atoms with Crippen molar-refractivity contribution in [2.24, 2.45) is 0 Å². The maximum absolute atomic E-state index is 12.7. The highest BCUT2D eigenvalue weighted by Crippen LogP contribution is 2.36.